The van der Waals surface area contributed by atoms with Crippen LogP contribution in [0.5, 0.6) is 0 Å². The molecule has 0 bridgehead atoms. The van der Waals surface area contributed by atoms with E-state index in [9.17, 15) is 13.6 Å². The Morgan fingerprint density at radius 1 is 1.20 bits per heavy atom. The molecule has 1 unspecified atom stereocenters. The molecule has 2 N–H and O–H groups in total. The molecule has 30 heavy (non-hydrogen) atoms. The van der Waals surface area contributed by atoms with E-state index < -0.39 is 5.82 Å². The zero-order chi connectivity index (χ0) is 21.3. The van der Waals surface area contributed by atoms with Crippen molar-refractivity contribution in [1.29, 1.82) is 0 Å². The van der Waals surface area contributed by atoms with E-state index in [2.05, 4.69) is 34.3 Å². The van der Waals surface area contributed by atoms with Crippen LogP contribution >= 0.6 is 0 Å². The molecule has 5 nitrogen and oxygen atoms in total. The number of hydrogen-bond donors (Lipinski definition) is 2. The van der Waals surface area contributed by atoms with Crippen molar-refractivity contribution in [3.8, 4) is 0 Å². The number of nitrogens with one attached hydrogen (secondary N) is 2. The van der Waals surface area contributed by atoms with Crippen LogP contribution in [-0.4, -0.2) is 43.0 Å². The Kier molecular flexibility index (Phi) is 5.72. The van der Waals surface area contributed by atoms with Crippen molar-refractivity contribution in [1.82, 2.24) is 4.90 Å². The largest absolute Gasteiger partial charge is 0.368 e. The minimum Gasteiger partial charge on any atom is -0.368 e. The van der Waals surface area contributed by atoms with Gasteiger partial charge in [0.2, 0.25) is 0 Å². The van der Waals surface area contributed by atoms with Crippen LogP contribution in [0.25, 0.3) is 5.57 Å². The molecule has 2 aromatic carbocycles. The molecule has 0 spiro atoms. The zero-order valence-electron chi connectivity index (χ0n) is 17.2. The van der Waals surface area contributed by atoms with E-state index in [4.69, 9.17) is 0 Å². The number of carbonyl (C=O) groups excluding carboxylic acids is 1. The topological polar surface area (TPSA) is 47.6 Å². The Morgan fingerprint density at radius 3 is 2.73 bits per heavy atom. The number of halogens is 2. The van der Waals surface area contributed by atoms with Crippen molar-refractivity contribution in [3.05, 3.63) is 59.8 Å². The Morgan fingerprint density at radius 2 is 2.00 bits per heavy atom. The van der Waals surface area contributed by atoms with E-state index in [-0.39, 0.29) is 11.7 Å². The molecule has 1 atom stereocenters. The van der Waals surface area contributed by atoms with Crippen molar-refractivity contribution in [3.63, 3.8) is 0 Å². The molecule has 1 saturated heterocycles. The first kappa shape index (κ1) is 20.3. The third-order valence-corrected chi connectivity index (χ3v) is 5.93. The van der Waals surface area contributed by atoms with Crippen LogP contribution in [0.15, 0.2) is 42.6 Å². The maximum absolute atomic E-state index is 14.8. The van der Waals surface area contributed by atoms with Crippen molar-refractivity contribution in [2.45, 2.75) is 26.3 Å². The van der Waals surface area contributed by atoms with Gasteiger partial charge in [-0.2, -0.15) is 0 Å². The lowest BCUT2D eigenvalue weighted by Crippen LogP contribution is -2.37. The van der Waals surface area contributed by atoms with Gasteiger partial charge >= 0.3 is 0 Å². The van der Waals surface area contributed by atoms with Gasteiger partial charge in [-0.1, -0.05) is 13.8 Å². The van der Waals surface area contributed by atoms with Gasteiger partial charge in [-0.25, -0.2) is 8.78 Å². The number of carbonyl (C=O) groups is 1. The summed E-state index contributed by atoms with van der Waals surface area (Å²) >= 11 is 0. The van der Waals surface area contributed by atoms with Crippen LogP contribution < -0.4 is 15.5 Å². The predicted molar refractivity (Wildman–Crippen MR) is 117 cm³/mol. The highest BCUT2D eigenvalue weighted by Gasteiger charge is 2.28. The normalized spacial score (nSPS) is 19.5. The fraction of sp³-hybridized carbons (Fsp3) is 0.348. The van der Waals surface area contributed by atoms with Gasteiger partial charge in [0, 0.05) is 42.3 Å². The Labute approximate surface area is 175 Å². The van der Waals surface area contributed by atoms with Gasteiger partial charge in [-0.15, -0.1) is 0 Å². The lowest BCUT2D eigenvalue weighted by atomic mass is 10.1. The van der Waals surface area contributed by atoms with E-state index in [0.717, 1.165) is 32.6 Å². The number of benzene rings is 2. The van der Waals surface area contributed by atoms with Gasteiger partial charge in [0.15, 0.2) is 0 Å². The molecule has 0 saturated carbocycles. The molecular formula is C23H26F2N4O. The van der Waals surface area contributed by atoms with Crippen molar-refractivity contribution in [2.75, 3.05) is 41.7 Å². The lowest BCUT2D eigenvalue weighted by Gasteiger charge is -2.26. The zero-order valence-corrected chi connectivity index (χ0v) is 17.2. The summed E-state index contributed by atoms with van der Waals surface area (Å²) in [5.41, 5.74) is 2.49. The van der Waals surface area contributed by atoms with Gasteiger partial charge in [0.05, 0.1) is 11.3 Å². The first-order valence-electron chi connectivity index (χ1n) is 10.4. The molecule has 0 aromatic heterocycles. The van der Waals surface area contributed by atoms with Crippen LogP contribution in [0.2, 0.25) is 0 Å². The van der Waals surface area contributed by atoms with Gasteiger partial charge in [0.25, 0.3) is 5.91 Å². The number of likely N-dealkylation sites (N-methyl/N-ethyl adjacent to an activating group) is 1. The number of hydrogen-bond acceptors (Lipinski definition) is 4. The summed E-state index contributed by atoms with van der Waals surface area (Å²) in [6.07, 6.45) is 2.51. The summed E-state index contributed by atoms with van der Waals surface area (Å²) < 4.78 is 28.4. The van der Waals surface area contributed by atoms with E-state index in [0.29, 0.717) is 34.2 Å². The molecule has 7 heteroatoms. The molecular weight excluding hydrogens is 386 g/mol. The van der Waals surface area contributed by atoms with E-state index in [1.807, 2.05) is 0 Å². The summed E-state index contributed by atoms with van der Waals surface area (Å²) in [4.78, 5) is 16.7. The fourth-order valence-corrected chi connectivity index (χ4v) is 4.31. The quantitative estimate of drug-likeness (QED) is 0.695. The molecule has 0 aliphatic carbocycles. The standard InChI is InChI=1S/C23H26F2N4O/c1-3-28(4-2)17-9-10-29(14-17)22-8-6-16(12-20(22)25)26-13-19-18-11-15(24)5-7-21(18)27-23(19)30/h5-8,11-13,17,26H,3-4,9-10,14H2,1-2H3,(H,27,30). The second-order valence-corrected chi connectivity index (χ2v) is 7.62. The number of anilines is 3. The number of rotatable bonds is 6. The maximum Gasteiger partial charge on any atom is 0.257 e. The SMILES string of the molecule is CCN(CC)C1CCN(c2ccc(NC=C3C(=O)Nc4ccc(F)cc43)cc2F)C1. The van der Waals surface area contributed by atoms with Crippen molar-refractivity contribution < 1.29 is 13.6 Å². The van der Waals surface area contributed by atoms with Gasteiger partial charge in [-0.3, -0.25) is 9.69 Å². The Bertz CT molecular complexity index is 987. The van der Waals surface area contributed by atoms with Gasteiger partial charge < -0.3 is 15.5 Å². The summed E-state index contributed by atoms with van der Waals surface area (Å²) in [7, 11) is 0. The maximum atomic E-state index is 14.8. The highest BCUT2D eigenvalue weighted by atomic mass is 19.1. The minimum atomic E-state index is -0.417. The van der Waals surface area contributed by atoms with Crippen LogP contribution in [0.4, 0.5) is 25.8 Å². The summed E-state index contributed by atoms with van der Waals surface area (Å²) in [5.74, 6) is -1.04. The van der Waals surface area contributed by atoms with Crippen LogP contribution in [0, 0.1) is 11.6 Å². The lowest BCUT2D eigenvalue weighted by molar-refractivity contribution is -0.110. The van der Waals surface area contributed by atoms with Crippen LogP contribution in [0.3, 0.4) is 0 Å². The van der Waals surface area contributed by atoms with Gasteiger partial charge in [-0.05, 0) is 55.9 Å². The third-order valence-electron chi connectivity index (χ3n) is 5.93. The number of amides is 1. The highest BCUT2D eigenvalue weighted by Crippen LogP contribution is 2.33. The number of fused-ring (bicyclic) bond motifs is 1. The minimum absolute atomic E-state index is 0.305. The second kappa shape index (κ2) is 8.44. The molecule has 2 heterocycles. The Hall–Kier alpha value is -2.93. The van der Waals surface area contributed by atoms with Crippen molar-refractivity contribution in [2.24, 2.45) is 0 Å². The molecule has 4 rings (SSSR count). The average Bonchev–Trinajstić information content (AvgIpc) is 3.32. The summed E-state index contributed by atoms with van der Waals surface area (Å²) in [5, 5.41) is 5.66. The predicted octanol–water partition coefficient (Wildman–Crippen LogP) is 4.29. The molecule has 2 aliphatic rings. The van der Waals surface area contributed by atoms with E-state index >= 15 is 0 Å². The molecule has 2 aliphatic heterocycles. The summed E-state index contributed by atoms with van der Waals surface area (Å²) in [6, 6.07) is 9.57. The summed E-state index contributed by atoms with van der Waals surface area (Å²) in [6.45, 7) is 7.94. The third kappa shape index (κ3) is 3.89. The molecule has 0 radical (unpaired) electrons. The first-order valence-corrected chi connectivity index (χ1v) is 10.4. The van der Waals surface area contributed by atoms with Crippen LogP contribution in [0.1, 0.15) is 25.8 Å². The highest BCUT2D eigenvalue weighted by molar-refractivity contribution is 6.31. The van der Waals surface area contributed by atoms with Gasteiger partial charge in [0.1, 0.15) is 11.6 Å². The average molecular weight is 412 g/mol. The van der Waals surface area contributed by atoms with Crippen LogP contribution in [-0.2, 0) is 4.79 Å². The second-order valence-electron chi connectivity index (χ2n) is 7.62. The number of nitrogens with zero attached hydrogens (tertiary/aromatic N) is 2. The smallest absolute Gasteiger partial charge is 0.257 e. The van der Waals surface area contributed by atoms with E-state index in [1.165, 1.54) is 30.5 Å². The molecule has 1 amide bonds. The molecule has 158 valence electrons. The fourth-order valence-electron chi connectivity index (χ4n) is 4.31. The van der Waals surface area contributed by atoms with Crippen molar-refractivity contribution >= 4 is 28.5 Å². The molecule has 1 fully saturated rings. The van der Waals surface area contributed by atoms with E-state index in [1.54, 1.807) is 12.1 Å². The monoisotopic (exact) mass is 412 g/mol. The molecule has 2 aromatic rings. The first-order chi connectivity index (χ1) is 14.5. The Balaban J connectivity index is 1.48.